The molecule has 1 N–H and O–H groups in total. The second-order valence-electron chi connectivity index (χ2n) is 7.13. The summed E-state index contributed by atoms with van der Waals surface area (Å²) in [6.07, 6.45) is 0.744. The van der Waals surface area contributed by atoms with E-state index in [9.17, 15) is 13.2 Å². The van der Waals surface area contributed by atoms with E-state index in [0.717, 1.165) is 16.9 Å². The second-order valence-corrected chi connectivity index (χ2v) is 9.36. The molecule has 0 radical (unpaired) electrons. The molecule has 1 saturated heterocycles. The van der Waals surface area contributed by atoms with E-state index < -0.39 is 9.84 Å². The molecule has 1 amide bonds. The van der Waals surface area contributed by atoms with Crippen molar-refractivity contribution in [3.63, 3.8) is 0 Å². The van der Waals surface area contributed by atoms with Crippen molar-refractivity contribution in [1.29, 1.82) is 0 Å². The van der Waals surface area contributed by atoms with Crippen LogP contribution >= 0.6 is 0 Å². The molecule has 1 aromatic carbocycles. The van der Waals surface area contributed by atoms with Crippen molar-refractivity contribution >= 4 is 15.7 Å². The molecule has 0 aliphatic carbocycles. The average molecular weight is 339 g/mol. The zero-order chi connectivity index (χ0) is 17.3. The van der Waals surface area contributed by atoms with E-state index in [1.165, 1.54) is 0 Å². The Balaban J connectivity index is 2.07. The quantitative estimate of drug-likeness (QED) is 0.908. The fourth-order valence-corrected chi connectivity index (χ4v) is 4.50. The highest BCUT2D eigenvalue weighted by Gasteiger charge is 2.29. The third-order valence-corrected chi connectivity index (χ3v) is 5.80. The van der Waals surface area contributed by atoms with E-state index in [2.05, 4.69) is 26.1 Å². The molecule has 0 saturated carbocycles. The lowest BCUT2D eigenvalue weighted by Gasteiger charge is -2.23. The van der Waals surface area contributed by atoms with Crippen LogP contribution in [0.2, 0.25) is 0 Å². The summed E-state index contributed by atoms with van der Waals surface area (Å²) in [4.78, 5) is 12.2. The van der Waals surface area contributed by atoms with Gasteiger partial charge in [-0.25, -0.2) is 8.42 Å². The standard InChI is InChI=1S/C17H25NO4S/c1-17(2,3)14-9-12(5-6-15(14)22-4)10-16(19)18-13-7-8-23(20,21)11-13/h5-6,9,13H,7-8,10-11H2,1-4H3,(H,18,19). The summed E-state index contributed by atoms with van der Waals surface area (Å²) in [5.41, 5.74) is 1.86. The summed E-state index contributed by atoms with van der Waals surface area (Å²) in [7, 11) is -1.34. The fourth-order valence-electron chi connectivity index (χ4n) is 2.82. The van der Waals surface area contributed by atoms with E-state index in [-0.39, 0.29) is 35.3 Å². The third-order valence-electron chi connectivity index (χ3n) is 4.03. The van der Waals surface area contributed by atoms with Crippen LogP contribution in [0, 0.1) is 0 Å². The van der Waals surface area contributed by atoms with Crippen molar-refractivity contribution in [2.75, 3.05) is 18.6 Å². The summed E-state index contributed by atoms with van der Waals surface area (Å²) in [6.45, 7) is 6.29. The summed E-state index contributed by atoms with van der Waals surface area (Å²) in [5, 5.41) is 2.82. The minimum atomic E-state index is -2.98. The minimum absolute atomic E-state index is 0.0502. The van der Waals surface area contributed by atoms with E-state index in [1.54, 1.807) is 7.11 Å². The van der Waals surface area contributed by atoms with Crippen molar-refractivity contribution in [3.05, 3.63) is 29.3 Å². The Kier molecular flexibility index (Phi) is 5.04. The van der Waals surface area contributed by atoms with Crippen LogP contribution in [0.1, 0.15) is 38.3 Å². The van der Waals surface area contributed by atoms with Crippen molar-refractivity contribution < 1.29 is 17.9 Å². The number of rotatable bonds is 4. The van der Waals surface area contributed by atoms with Crippen LogP contribution in [0.3, 0.4) is 0 Å². The summed E-state index contributed by atoms with van der Waals surface area (Å²) >= 11 is 0. The normalized spacial score (nSPS) is 20.3. The maximum atomic E-state index is 12.2. The molecule has 0 aromatic heterocycles. The van der Waals surface area contributed by atoms with Crippen molar-refractivity contribution in [1.82, 2.24) is 5.32 Å². The van der Waals surface area contributed by atoms with Gasteiger partial charge >= 0.3 is 0 Å². The molecular formula is C17H25NO4S. The van der Waals surface area contributed by atoms with Gasteiger partial charge in [-0.05, 0) is 29.0 Å². The molecule has 1 atom stereocenters. The van der Waals surface area contributed by atoms with Crippen LogP contribution < -0.4 is 10.1 Å². The first kappa shape index (κ1) is 17.8. The van der Waals surface area contributed by atoms with Gasteiger partial charge in [0, 0.05) is 6.04 Å². The van der Waals surface area contributed by atoms with Gasteiger partial charge in [-0.2, -0.15) is 0 Å². The first-order chi connectivity index (χ1) is 10.6. The Morgan fingerprint density at radius 3 is 2.57 bits per heavy atom. The number of benzene rings is 1. The number of hydrogen-bond acceptors (Lipinski definition) is 4. The Morgan fingerprint density at radius 1 is 1.35 bits per heavy atom. The number of nitrogens with one attached hydrogen (secondary N) is 1. The van der Waals surface area contributed by atoms with Crippen LogP contribution in [0.25, 0.3) is 0 Å². The topological polar surface area (TPSA) is 72.5 Å². The van der Waals surface area contributed by atoms with Crippen LogP contribution in [0.5, 0.6) is 5.75 Å². The Labute approximate surface area is 138 Å². The average Bonchev–Trinajstić information content (AvgIpc) is 2.76. The fraction of sp³-hybridized carbons (Fsp3) is 0.588. The van der Waals surface area contributed by atoms with Gasteiger partial charge in [0.2, 0.25) is 5.91 Å². The molecule has 1 aliphatic rings. The van der Waals surface area contributed by atoms with Gasteiger partial charge in [-0.3, -0.25) is 4.79 Å². The number of carbonyl (C=O) groups is 1. The maximum Gasteiger partial charge on any atom is 0.224 e. The summed E-state index contributed by atoms with van der Waals surface area (Å²) in [6, 6.07) is 5.49. The van der Waals surface area contributed by atoms with Crippen LogP contribution in [-0.2, 0) is 26.5 Å². The van der Waals surface area contributed by atoms with Gasteiger partial charge in [0.15, 0.2) is 9.84 Å². The first-order valence-electron chi connectivity index (χ1n) is 7.78. The number of ether oxygens (including phenoxy) is 1. The number of carbonyl (C=O) groups excluding carboxylic acids is 1. The van der Waals surface area contributed by atoms with E-state index in [0.29, 0.717) is 6.42 Å². The molecule has 0 spiro atoms. The van der Waals surface area contributed by atoms with Gasteiger partial charge < -0.3 is 10.1 Å². The van der Waals surface area contributed by atoms with E-state index in [1.807, 2.05) is 18.2 Å². The number of methoxy groups -OCH3 is 1. The van der Waals surface area contributed by atoms with E-state index in [4.69, 9.17) is 4.74 Å². The minimum Gasteiger partial charge on any atom is -0.496 e. The molecule has 0 bridgehead atoms. The lowest BCUT2D eigenvalue weighted by molar-refractivity contribution is -0.121. The molecule has 5 nitrogen and oxygen atoms in total. The lowest BCUT2D eigenvalue weighted by atomic mass is 9.85. The molecule has 2 rings (SSSR count). The number of amides is 1. The zero-order valence-electron chi connectivity index (χ0n) is 14.2. The Bertz CT molecular complexity index is 689. The zero-order valence-corrected chi connectivity index (χ0v) is 15.0. The smallest absolute Gasteiger partial charge is 0.224 e. The Hall–Kier alpha value is -1.56. The monoisotopic (exact) mass is 339 g/mol. The van der Waals surface area contributed by atoms with Gasteiger partial charge in [0.05, 0.1) is 25.0 Å². The van der Waals surface area contributed by atoms with Crippen molar-refractivity contribution in [2.45, 2.75) is 45.1 Å². The van der Waals surface area contributed by atoms with Crippen molar-refractivity contribution in [2.24, 2.45) is 0 Å². The maximum absolute atomic E-state index is 12.2. The first-order valence-corrected chi connectivity index (χ1v) is 9.60. The molecule has 6 heteroatoms. The lowest BCUT2D eigenvalue weighted by Crippen LogP contribution is -2.36. The molecule has 1 heterocycles. The highest BCUT2D eigenvalue weighted by Crippen LogP contribution is 2.32. The van der Waals surface area contributed by atoms with Crippen LogP contribution in [0.15, 0.2) is 18.2 Å². The number of sulfone groups is 1. The second kappa shape index (κ2) is 6.51. The predicted octanol–water partition coefficient (Wildman–Crippen LogP) is 1.84. The highest BCUT2D eigenvalue weighted by atomic mass is 32.2. The Morgan fingerprint density at radius 2 is 2.04 bits per heavy atom. The predicted molar refractivity (Wildman–Crippen MR) is 90.6 cm³/mol. The third kappa shape index (κ3) is 4.70. The molecule has 128 valence electrons. The van der Waals surface area contributed by atoms with Crippen LogP contribution in [-0.4, -0.2) is 39.0 Å². The van der Waals surface area contributed by atoms with Gasteiger partial charge in [-0.15, -0.1) is 0 Å². The van der Waals surface area contributed by atoms with Crippen LogP contribution in [0.4, 0.5) is 0 Å². The summed E-state index contributed by atoms with van der Waals surface area (Å²) in [5.74, 6) is 0.879. The van der Waals surface area contributed by atoms with Gasteiger partial charge in [0.1, 0.15) is 5.75 Å². The molecular weight excluding hydrogens is 314 g/mol. The SMILES string of the molecule is COc1ccc(CC(=O)NC2CCS(=O)(=O)C2)cc1C(C)(C)C. The van der Waals surface area contributed by atoms with Gasteiger partial charge in [0.25, 0.3) is 0 Å². The molecule has 1 unspecified atom stereocenters. The number of hydrogen-bond donors (Lipinski definition) is 1. The molecule has 1 aliphatic heterocycles. The molecule has 1 aromatic rings. The van der Waals surface area contributed by atoms with Gasteiger partial charge in [-0.1, -0.05) is 32.9 Å². The largest absolute Gasteiger partial charge is 0.496 e. The molecule has 23 heavy (non-hydrogen) atoms. The van der Waals surface area contributed by atoms with E-state index >= 15 is 0 Å². The molecule has 1 fully saturated rings. The summed E-state index contributed by atoms with van der Waals surface area (Å²) < 4.78 is 28.3. The van der Waals surface area contributed by atoms with Crippen molar-refractivity contribution in [3.8, 4) is 5.75 Å². The highest BCUT2D eigenvalue weighted by molar-refractivity contribution is 7.91.